The van der Waals surface area contributed by atoms with Gasteiger partial charge >= 0.3 is 6.03 Å². The summed E-state index contributed by atoms with van der Waals surface area (Å²) in [5.74, 6) is 0.555. The zero-order valence-corrected chi connectivity index (χ0v) is 18.0. The number of carbonyl (C=O) groups is 1. The Morgan fingerprint density at radius 1 is 1.33 bits per heavy atom. The van der Waals surface area contributed by atoms with Crippen molar-refractivity contribution in [1.82, 2.24) is 19.8 Å². The van der Waals surface area contributed by atoms with Crippen LogP contribution in [0.5, 0.6) is 0 Å². The topological polar surface area (TPSA) is 110 Å². The highest BCUT2D eigenvalue weighted by atomic mass is 32.2. The van der Waals surface area contributed by atoms with E-state index in [9.17, 15) is 22.0 Å². The fraction of sp³-hybridized carbons (Fsp3) is 0.611. The fourth-order valence-electron chi connectivity index (χ4n) is 3.74. The van der Waals surface area contributed by atoms with E-state index in [-0.39, 0.29) is 11.9 Å². The van der Waals surface area contributed by atoms with Crippen LogP contribution >= 0.6 is 0 Å². The molecule has 12 heteroatoms. The van der Waals surface area contributed by atoms with Crippen LogP contribution in [0, 0.1) is 12.8 Å². The Balaban J connectivity index is 1.71. The molecule has 9 nitrogen and oxygen atoms in total. The maximum Gasteiger partial charge on any atom is 0.323 e. The summed E-state index contributed by atoms with van der Waals surface area (Å²) in [6, 6.07) is 1.24. The number of likely N-dealkylation sites (tertiary alicyclic amines) is 1. The monoisotopic (exact) mass is 445 g/mol. The van der Waals surface area contributed by atoms with Crippen molar-refractivity contribution in [1.29, 1.82) is 0 Å². The number of aryl methyl sites for hydroxylation is 2. The van der Waals surface area contributed by atoms with Crippen LogP contribution in [0.1, 0.15) is 44.6 Å². The third-order valence-corrected chi connectivity index (χ3v) is 8.25. The first-order chi connectivity index (χ1) is 13.9. The van der Waals surface area contributed by atoms with Gasteiger partial charge in [0, 0.05) is 32.4 Å². The van der Waals surface area contributed by atoms with Gasteiger partial charge in [0.15, 0.2) is 15.7 Å². The van der Waals surface area contributed by atoms with E-state index in [4.69, 9.17) is 4.52 Å². The molecule has 0 aliphatic carbocycles. The molecule has 1 aliphatic rings. The second-order valence-corrected chi connectivity index (χ2v) is 10.5. The number of amides is 2. The molecule has 30 heavy (non-hydrogen) atoms. The molecule has 1 N–H and O–H groups in total. The van der Waals surface area contributed by atoms with Crippen molar-refractivity contribution in [2.24, 2.45) is 13.0 Å². The maximum atomic E-state index is 13.3. The minimum atomic E-state index is -4.08. The molecule has 0 saturated carbocycles. The van der Waals surface area contributed by atoms with Gasteiger partial charge in [-0.3, -0.25) is 10.00 Å². The Kier molecular flexibility index (Phi) is 5.89. The van der Waals surface area contributed by atoms with Crippen LogP contribution in [0.3, 0.4) is 0 Å². The molecule has 0 atom stereocenters. The summed E-state index contributed by atoms with van der Waals surface area (Å²) in [5, 5.41) is 9.97. The van der Waals surface area contributed by atoms with Gasteiger partial charge in [0.1, 0.15) is 16.3 Å². The molecule has 3 heterocycles. The number of halogens is 2. The van der Waals surface area contributed by atoms with Crippen molar-refractivity contribution in [2.75, 3.05) is 18.4 Å². The quantitative estimate of drug-likeness (QED) is 0.757. The predicted octanol–water partition coefficient (Wildman–Crippen LogP) is 3.15. The molecule has 0 radical (unpaired) electrons. The number of alkyl halides is 2. The molecule has 2 aromatic rings. The number of sulfone groups is 1. The van der Waals surface area contributed by atoms with Crippen LogP contribution in [0.15, 0.2) is 21.7 Å². The number of hydrogen-bond donors (Lipinski definition) is 1. The van der Waals surface area contributed by atoms with Gasteiger partial charge in [0.25, 0.3) is 6.43 Å². The number of nitrogens with one attached hydrogen (secondary N) is 1. The standard InChI is InChI=1S/C18H25F2N5O4S/c1-11-9-14(23-29-11)21-17(26)25-7-5-12(6-8-25)18(2,3)30(27,28)13-10-24(4)22-15(13)16(19)20/h9-10,12,16H,5-8H2,1-4H3,(H,21,23,26). The van der Waals surface area contributed by atoms with E-state index in [1.165, 1.54) is 7.05 Å². The molecule has 3 rings (SSSR count). The Hall–Kier alpha value is -2.50. The molecule has 0 unspecified atom stereocenters. The van der Waals surface area contributed by atoms with Gasteiger partial charge in [-0.1, -0.05) is 5.16 Å². The van der Waals surface area contributed by atoms with Crippen LogP contribution in [-0.4, -0.2) is 52.1 Å². The van der Waals surface area contributed by atoms with Gasteiger partial charge in [-0.25, -0.2) is 22.0 Å². The minimum Gasteiger partial charge on any atom is -0.360 e. The molecular formula is C18H25F2N5O4S. The highest BCUT2D eigenvalue weighted by molar-refractivity contribution is 7.92. The lowest BCUT2D eigenvalue weighted by atomic mass is 9.86. The molecule has 2 amide bonds. The van der Waals surface area contributed by atoms with Gasteiger partial charge in [-0.15, -0.1) is 0 Å². The lowest BCUT2D eigenvalue weighted by Crippen LogP contribution is -2.48. The van der Waals surface area contributed by atoms with Crippen LogP contribution < -0.4 is 5.32 Å². The number of piperidine rings is 1. The van der Waals surface area contributed by atoms with E-state index in [0.717, 1.165) is 10.9 Å². The van der Waals surface area contributed by atoms with Gasteiger partial charge < -0.3 is 9.42 Å². The highest BCUT2D eigenvalue weighted by Gasteiger charge is 2.46. The molecular weight excluding hydrogens is 420 g/mol. The van der Waals surface area contributed by atoms with E-state index in [1.807, 2.05) is 0 Å². The second-order valence-electron chi connectivity index (χ2n) is 7.97. The van der Waals surface area contributed by atoms with Gasteiger partial charge in [-0.05, 0) is 39.5 Å². The summed E-state index contributed by atoms with van der Waals surface area (Å²) >= 11 is 0. The molecule has 0 bridgehead atoms. The van der Waals surface area contributed by atoms with Crippen molar-refractivity contribution in [3.8, 4) is 0 Å². The molecule has 166 valence electrons. The summed E-state index contributed by atoms with van der Waals surface area (Å²) in [6.07, 6.45) is -1.03. The van der Waals surface area contributed by atoms with Crippen LogP contribution in [0.25, 0.3) is 0 Å². The van der Waals surface area contributed by atoms with Crippen molar-refractivity contribution in [2.45, 2.75) is 49.7 Å². The number of carbonyl (C=O) groups excluding carboxylic acids is 1. The van der Waals surface area contributed by atoms with Crippen molar-refractivity contribution < 1.29 is 26.5 Å². The number of hydrogen-bond acceptors (Lipinski definition) is 6. The van der Waals surface area contributed by atoms with E-state index >= 15 is 0 Å². The summed E-state index contributed by atoms with van der Waals surface area (Å²) in [5.41, 5.74) is -0.731. The Bertz CT molecular complexity index is 1020. The highest BCUT2D eigenvalue weighted by Crippen LogP contribution is 2.40. The average molecular weight is 445 g/mol. The van der Waals surface area contributed by atoms with E-state index in [2.05, 4.69) is 15.6 Å². The average Bonchev–Trinajstić information content (AvgIpc) is 3.27. The third-order valence-electron chi connectivity index (χ3n) is 5.64. The van der Waals surface area contributed by atoms with Crippen molar-refractivity contribution in [3.63, 3.8) is 0 Å². The Labute approximate surface area is 173 Å². The zero-order chi connectivity index (χ0) is 22.3. The van der Waals surface area contributed by atoms with Gasteiger partial charge in [0.2, 0.25) is 0 Å². The predicted molar refractivity (Wildman–Crippen MR) is 104 cm³/mol. The van der Waals surface area contributed by atoms with Crippen molar-refractivity contribution in [3.05, 3.63) is 23.7 Å². The normalized spacial score (nSPS) is 16.3. The summed E-state index contributed by atoms with van der Waals surface area (Å²) < 4.78 is 57.8. The molecule has 0 spiro atoms. The van der Waals surface area contributed by atoms with Crippen molar-refractivity contribution >= 4 is 21.7 Å². The summed E-state index contributed by atoms with van der Waals surface area (Å²) in [4.78, 5) is 13.5. The third kappa shape index (κ3) is 4.05. The molecule has 1 saturated heterocycles. The Morgan fingerprint density at radius 2 is 1.97 bits per heavy atom. The minimum absolute atomic E-state index is 0.304. The number of anilines is 1. The molecule has 1 fully saturated rings. The van der Waals surface area contributed by atoms with Crippen LogP contribution in [-0.2, 0) is 16.9 Å². The lowest BCUT2D eigenvalue weighted by molar-refractivity contribution is 0.141. The molecule has 2 aromatic heterocycles. The lowest BCUT2D eigenvalue weighted by Gasteiger charge is -2.39. The first-order valence-corrected chi connectivity index (χ1v) is 11.0. The maximum absolute atomic E-state index is 13.3. The summed E-state index contributed by atoms with van der Waals surface area (Å²) in [6.45, 7) is 5.47. The zero-order valence-electron chi connectivity index (χ0n) is 17.2. The largest absolute Gasteiger partial charge is 0.360 e. The van der Waals surface area contributed by atoms with Gasteiger partial charge in [0.05, 0.1) is 4.75 Å². The summed E-state index contributed by atoms with van der Waals surface area (Å²) in [7, 11) is -2.67. The number of nitrogens with zero attached hydrogens (tertiary/aromatic N) is 4. The first kappa shape index (κ1) is 22.2. The Morgan fingerprint density at radius 3 is 2.50 bits per heavy atom. The number of urea groups is 1. The first-order valence-electron chi connectivity index (χ1n) is 9.49. The smallest absolute Gasteiger partial charge is 0.323 e. The number of aromatic nitrogens is 3. The van der Waals surface area contributed by atoms with E-state index in [0.29, 0.717) is 37.5 Å². The fourth-order valence-corrected chi connectivity index (χ4v) is 5.67. The van der Waals surface area contributed by atoms with Crippen LogP contribution in [0.2, 0.25) is 0 Å². The van der Waals surface area contributed by atoms with Gasteiger partial charge in [-0.2, -0.15) is 5.10 Å². The number of rotatable bonds is 5. The molecule has 0 aromatic carbocycles. The van der Waals surface area contributed by atoms with E-state index in [1.54, 1.807) is 31.7 Å². The molecule has 1 aliphatic heterocycles. The second kappa shape index (κ2) is 7.97. The SMILES string of the molecule is Cc1cc(NC(=O)N2CCC(C(C)(C)S(=O)(=O)c3cn(C)nc3C(F)F)CC2)no1. The van der Waals surface area contributed by atoms with E-state index < -0.39 is 31.6 Å². The van der Waals surface area contributed by atoms with Crippen LogP contribution in [0.4, 0.5) is 19.4 Å².